The van der Waals surface area contributed by atoms with E-state index in [2.05, 4.69) is 11.0 Å². The summed E-state index contributed by atoms with van der Waals surface area (Å²) in [5.74, 6) is 3.08. The molecule has 0 saturated carbocycles. The van der Waals surface area contributed by atoms with E-state index in [0.717, 1.165) is 28.8 Å². The van der Waals surface area contributed by atoms with E-state index in [1.807, 2.05) is 36.4 Å². The topological polar surface area (TPSA) is 30.9 Å². The zero-order chi connectivity index (χ0) is 14.7. The van der Waals surface area contributed by atoms with Gasteiger partial charge in [-0.25, -0.2) is 0 Å². The molecule has 109 valence electrons. The second-order valence-electron chi connectivity index (χ2n) is 4.49. The van der Waals surface area contributed by atoms with Crippen LogP contribution >= 0.6 is 11.8 Å². The van der Waals surface area contributed by atoms with Gasteiger partial charge in [0.25, 0.3) is 0 Å². The molecule has 0 N–H and O–H groups in total. The minimum Gasteiger partial charge on any atom is -0.493 e. The molecule has 0 aromatic heterocycles. The summed E-state index contributed by atoms with van der Waals surface area (Å²) >= 11 is 1.76. The Hall–Kier alpha value is -2.01. The van der Waals surface area contributed by atoms with Gasteiger partial charge in [-0.3, -0.25) is 0 Å². The van der Waals surface area contributed by atoms with Gasteiger partial charge in [-0.15, -0.1) is 11.8 Å². The first-order chi connectivity index (χ1) is 10.3. The first-order valence-electron chi connectivity index (χ1n) is 6.55. The van der Waals surface area contributed by atoms with Gasteiger partial charge in [-0.1, -0.05) is 18.2 Å². The third kappa shape index (κ3) is 2.88. The van der Waals surface area contributed by atoms with Gasteiger partial charge < -0.3 is 19.1 Å². The first-order valence-corrected chi connectivity index (χ1v) is 7.53. The highest BCUT2D eigenvalue weighted by Crippen LogP contribution is 2.44. The highest BCUT2D eigenvalue weighted by atomic mass is 32.2. The van der Waals surface area contributed by atoms with Crippen LogP contribution in [0.25, 0.3) is 0 Å². The fourth-order valence-corrected chi connectivity index (χ4v) is 3.19. The lowest BCUT2D eigenvalue weighted by Crippen LogP contribution is -2.24. The number of ether oxygens (including phenoxy) is 3. The molecular formula is C16H16NO3S. The van der Waals surface area contributed by atoms with Gasteiger partial charge in [0.2, 0.25) is 0 Å². The Morgan fingerprint density at radius 3 is 2.71 bits per heavy atom. The number of hydrogen-bond acceptors (Lipinski definition) is 5. The molecule has 0 spiro atoms. The number of methoxy groups -OCH3 is 2. The van der Waals surface area contributed by atoms with E-state index in [1.165, 1.54) is 4.90 Å². The molecule has 0 unspecified atom stereocenters. The van der Waals surface area contributed by atoms with Crippen LogP contribution in [0.15, 0.2) is 41.3 Å². The number of fused-ring (bicyclic) bond motifs is 1. The molecule has 3 rings (SSSR count). The van der Waals surface area contributed by atoms with E-state index in [0.29, 0.717) is 6.73 Å². The van der Waals surface area contributed by atoms with E-state index >= 15 is 0 Å². The van der Waals surface area contributed by atoms with E-state index in [9.17, 15) is 0 Å². The van der Waals surface area contributed by atoms with Crippen molar-refractivity contribution < 1.29 is 14.2 Å². The SMILES string of the molecule is COc1cc2c(cc1OC)N(COc1[c]cccc1)CS2. The molecular weight excluding hydrogens is 286 g/mol. The number of anilines is 1. The number of hydrogen-bond donors (Lipinski definition) is 0. The summed E-state index contributed by atoms with van der Waals surface area (Å²) in [6, 6.07) is 14.7. The van der Waals surface area contributed by atoms with Gasteiger partial charge in [0.05, 0.1) is 25.8 Å². The van der Waals surface area contributed by atoms with Crippen LogP contribution in [0, 0.1) is 6.07 Å². The van der Waals surface area contributed by atoms with Crippen molar-refractivity contribution in [3.05, 3.63) is 42.5 Å². The van der Waals surface area contributed by atoms with Crippen LogP contribution in [0.5, 0.6) is 17.2 Å². The average molecular weight is 302 g/mol. The van der Waals surface area contributed by atoms with Gasteiger partial charge in [-0.2, -0.15) is 0 Å². The monoisotopic (exact) mass is 302 g/mol. The summed E-state index contributed by atoms with van der Waals surface area (Å²) in [6.07, 6.45) is 0. The number of thioether (sulfide) groups is 1. The molecule has 0 amide bonds. The Morgan fingerprint density at radius 1 is 1.19 bits per heavy atom. The molecule has 0 bridgehead atoms. The zero-order valence-corrected chi connectivity index (χ0v) is 12.8. The van der Waals surface area contributed by atoms with E-state index in [1.54, 1.807) is 26.0 Å². The summed E-state index contributed by atoms with van der Waals surface area (Å²) in [5, 5.41) is 0. The van der Waals surface area contributed by atoms with Gasteiger partial charge in [-0.05, 0) is 12.1 Å². The van der Waals surface area contributed by atoms with Crippen LogP contribution in [0.1, 0.15) is 0 Å². The standard InChI is InChI=1S/C16H16NO3S/c1-18-14-8-13-16(9-15(14)19-2)21-11-17(13)10-20-12-6-4-3-5-7-12/h3-6,8-9H,10-11H2,1-2H3. The molecule has 0 atom stereocenters. The molecule has 0 aliphatic carbocycles. The highest BCUT2D eigenvalue weighted by molar-refractivity contribution is 7.99. The van der Waals surface area contributed by atoms with Gasteiger partial charge in [0.15, 0.2) is 18.2 Å². The van der Waals surface area contributed by atoms with Crippen LogP contribution < -0.4 is 19.1 Å². The molecule has 1 aliphatic heterocycles. The van der Waals surface area contributed by atoms with E-state index in [4.69, 9.17) is 14.2 Å². The molecule has 2 aromatic carbocycles. The third-order valence-electron chi connectivity index (χ3n) is 3.24. The number of benzene rings is 2. The summed E-state index contributed by atoms with van der Waals surface area (Å²) in [6.45, 7) is 0.482. The molecule has 21 heavy (non-hydrogen) atoms. The average Bonchev–Trinajstić information content (AvgIpc) is 2.94. The minimum atomic E-state index is 0.482. The maximum Gasteiger partial charge on any atom is 0.162 e. The van der Waals surface area contributed by atoms with Crippen LogP contribution in [0.3, 0.4) is 0 Å². The summed E-state index contributed by atoms with van der Waals surface area (Å²) in [7, 11) is 3.29. The molecule has 1 aliphatic rings. The predicted molar refractivity (Wildman–Crippen MR) is 83.5 cm³/mol. The van der Waals surface area contributed by atoms with Crippen LogP contribution in [-0.2, 0) is 0 Å². The number of rotatable bonds is 5. The maximum absolute atomic E-state index is 5.76. The molecule has 4 nitrogen and oxygen atoms in total. The normalized spacial score (nSPS) is 13.0. The zero-order valence-electron chi connectivity index (χ0n) is 12.0. The van der Waals surface area contributed by atoms with Crippen molar-refractivity contribution in [3.63, 3.8) is 0 Å². The molecule has 0 saturated heterocycles. The number of nitrogens with zero attached hydrogens (tertiary/aromatic N) is 1. The Kier molecular flexibility index (Phi) is 4.10. The van der Waals surface area contributed by atoms with Gasteiger partial charge >= 0.3 is 0 Å². The molecule has 2 aromatic rings. The van der Waals surface area contributed by atoms with Gasteiger partial charge in [0, 0.05) is 17.0 Å². The quantitative estimate of drug-likeness (QED) is 0.845. The van der Waals surface area contributed by atoms with Crippen LogP contribution in [0.2, 0.25) is 0 Å². The van der Waals surface area contributed by atoms with Crippen molar-refractivity contribution in [3.8, 4) is 17.2 Å². The lowest BCUT2D eigenvalue weighted by Gasteiger charge is -2.19. The number of para-hydroxylation sites is 1. The van der Waals surface area contributed by atoms with Crippen LogP contribution in [-0.4, -0.2) is 26.8 Å². The van der Waals surface area contributed by atoms with Crippen LogP contribution in [0.4, 0.5) is 5.69 Å². The third-order valence-corrected chi connectivity index (χ3v) is 4.32. The summed E-state index contributed by atoms with van der Waals surface area (Å²) in [5.41, 5.74) is 1.11. The van der Waals surface area contributed by atoms with Crippen molar-refractivity contribution in [1.82, 2.24) is 0 Å². The highest BCUT2D eigenvalue weighted by Gasteiger charge is 2.23. The molecule has 1 radical (unpaired) electrons. The first kappa shape index (κ1) is 13.9. The molecule has 5 heteroatoms. The fourth-order valence-electron chi connectivity index (χ4n) is 2.15. The van der Waals surface area contributed by atoms with Gasteiger partial charge in [0.1, 0.15) is 5.75 Å². The fraction of sp³-hybridized carbons (Fsp3) is 0.250. The summed E-state index contributed by atoms with van der Waals surface area (Å²) < 4.78 is 16.5. The minimum absolute atomic E-state index is 0.482. The van der Waals surface area contributed by atoms with E-state index < -0.39 is 0 Å². The molecule has 1 heterocycles. The second kappa shape index (κ2) is 6.18. The van der Waals surface area contributed by atoms with Crippen molar-refractivity contribution in [2.45, 2.75) is 4.90 Å². The van der Waals surface area contributed by atoms with Crippen molar-refractivity contribution in [2.75, 3.05) is 31.7 Å². The molecule has 0 fully saturated rings. The Balaban J connectivity index is 1.77. The Labute approximate surface area is 128 Å². The Morgan fingerprint density at radius 2 is 2.00 bits per heavy atom. The van der Waals surface area contributed by atoms with Crippen molar-refractivity contribution in [2.24, 2.45) is 0 Å². The summed E-state index contributed by atoms with van der Waals surface area (Å²) in [4.78, 5) is 3.33. The lowest BCUT2D eigenvalue weighted by atomic mass is 10.2. The Bertz CT molecular complexity index is 618. The maximum atomic E-state index is 5.76. The largest absolute Gasteiger partial charge is 0.493 e. The second-order valence-corrected chi connectivity index (χ2v) is 5.48. The predicted octanol–water partition coefficient (Wildman–Crippen LogP) is 3.41. The van der Waals surface area contributed by atoms with Crippen molar-refractivity contribution >= 4 is 17.4 Å². The lowest BCUT2D eigenvalue weighted by molar-refractivity contribution is 0.318. The van der Waals surface area contributed by atoms with E-state index in [-0.39, 0.29) is 0 Å². The van der Waals surface area contributed by atoms with Crippen molar-refractivity contribution in [1.29, 1.82) is 0 Å². The smallest absolute Gasteiger partial charge is 0.162 e.